The van der Waals surface area contributed by atoms with E-state index >= 15 is 0 Å². The van der Waals surface area contributed by atoms with E-state index < -0.39 is 0 Å². The van der Waals surface area contributed by atoms with Crippen LogP contribution >= 0.6 is 0 Å². The highest BCUT2D eigenvalue weighted by Gasteiger charge is 2.43. The number of nitrogens with zero attached hydrogens (tertiary/aromatic N) is 1. The zero-order valence-corrected chi connectivity index (χ0v) is 23.4. The number of amides is 1. The van der Waals surface area contributed by atoms with Gasteiger partial charge in [0.05, 0.1) is 16.9 Å². The average molecular weight is 505 g/mol. The van der Waals surface area contributed by atoms with Crippen molar-refractivity contribution in [1.29, 1.82) is 0 Å². The van der Waals surface area contributed by atoms with Crippen molar-refractivity contribution in [3.05, 3.63) is 46.3 Å². The van der Waals surface area contributed by atoms with E-state index in [1.165, 1.54) is 61.8 Å². The number of ether oxygens (including phenoxy) is 2. The van der Waals surface area contributed by atoms with Gasteiger partial charge in [-0.3, -0.25) is 4.79 Å². The minimum atomic E-state index is -0.0363. The first kappa shape index (κ1) is 25.0. The Morgan fingerprint density at radius 2 is 1.76 bits per heavy atom. The highest BCUT2D eigenvalue weighted by atomic mass is 16.5. The van der Waals surface area contributed by atoms with Gasteiger partial charge in [-0.1, -0.05) is 53.0 Å². The van der Waals surface area contributed by atoms with Crippen LogP contribution in [0.5, 0.6) is 5.75 Å². The highest BCUT2D eigenvalue weighted by Crippen LogP contribution is 2.54. The van der Waals surface area contributed by atoms with Gasteiger partial charge in [-0.25, -0.2) is 0 Å². The Hall–Kier alpha value is -2.27. The van der Waals surface area contributed by atoms with Gasteiger partial charge >= 0.3 is 0 Å². The van der Waals surface area contributed by atoms with Gasteiger partial charge in [-0.05, 0) is 73.5 Å². The van der Waals surface area contributed by atoms with Crippen LogP contribution in [0, 0.1) is 12.8 Å². The fourth-order valence-electron chi connectivity index (χ4n) is 6.74. The lowest BCUT2D eigenvalue weighted by atomic mass is 9.80. The van der Waals surface area contributed by atoms with Crippen molar-refractivity contribution in [1.82, 2.24) is 9.88 Å². The summed E-state index contributed by atoms with van der Waals surface area (Å²) < 4.78 is 15.0. The number of nitrogens with one attached hydrogen (secondary N) is 1. The third kappa shape index (κ3) is 4.51. The molecule has 6 rings (SSSR count). The molecule has 2 aliphatic carbocycles. The first-order valence-electron chi connectivity index (χ1n) is 14.6. The van der Waals surface area contributed by atoms with Crippen molar-refractivity contribution in [2.45, 2.75) is 115 Å². The van der Waals surface area contributed by atoms with Gasteiger partial charge in [-0.15, -0.1) is 0 Å². The van der Waals surface area contributed by atoms with Crippen LogP contribution in [-0.2, 0) is 15.6 Å². The van der Waals surface area contributed by atoms with Gasteiger partial charge in [0, 0.05) is 36.9 Å². The smallest absolute Gasteiger partial charge is 0.253 e. The second-order valence-corrected chi connectivity index (χ2v) is 13.4. The van der Waals surface area contributed by atoms with E-state index in [9.17, 15) is 4.79 Å². The summed E-state index contributed by atoms with van der Waals surface area (Å²) in [7, 11) is 0. The van der Waals surface area contributed by atoms with Crippen LogP contribution in [0.2, 0.25) is 0 Å². The molecule has 0 radical (unpaired) electrons. The summed E-state index contributed by atoms with van der Waals surface area (Å²) in [4.78, 5) is 13.6. The van der Waals surface area contributed by atoms with E-state index in [1.54, 1.807) is 0 Å². The predicted octanol–water partition coefficient (Wildman–Crippen LogP) is 7.06. The Labute approximate surface area is 222 Å². The minimum absolute atomic E-state index is 0.0131. The molecule has 0 spiro atoms. The lowest BCUT2D eigenvalue weighted by Crippen LogP contribution is -2.39. The van der Waals surface area contributed by atoms with E-state index in [0.29, 0.717) is 5.92 Å². The summed E-state index contributed by atoms with van der Waals surface area (Å²) in [5.41, 5.74) is 7.08. The molecule has 4 aliphatic rings. The highest BCUT2D eigenvalue weighted by molar-refractivity contribution is 5.96. The quantitative estimate of drug-likeness (QED) is 0.485. The van der Waals surface area contributed by atoms with Crippen LogP contribution in [-0.4, -0.2) is 29.7 Å². The van der Waals surface area contributed by atoms with Gasteiger partial charge in [-0.2, -0.15) is 0 Å². The lowest BCUT2D eigenvalue weighted by Gasteiger charge is -2.38. The molecule has 0 bridgehead atoms. The molecule has 5 heteroatoms. The van der Waals surface area contributed by atoms with E-state index in [2.05, 4.69) is 62.8 Å². The van der Waals surface area contributed by atoms with Crippen LogP contribution < -0.4 is 10.1 Å². The number of fused-ring (bicyclic) bond motifs is 3. The van der Waals surface area contributed by atoms with Crippen LogP contribution in [0.1, 0.15) is 124 Å². The third-order valence-corrected chi connectivity index (χ3v) is 9.53. The number of benzene rings is 1. The summed E-state index contributed by atoms with van der Waals surface area (Å²) in [6, 6.07) is 4.96. The van der Waals surface area contributed by atoms with Crippen molar-refractivity contribution in [2.75, 3.05) is 13.2 Å². The molecule has 2 aromatic rings. The molecule has 1 saturated heterocycles. The molecule has 3 fully saturated rings. The van der Waals surface area contributed by atoms with Crippen LogP contribution in [0.25, 0.3) is 5.69 Å². The Kier molecular flexibility index (Phi) is 6.21. The Morgan fingerprint density at radius 1 is 1.05 bits per heavy atom. The molecule has 2 saturated carbocycles. The summed E-state index contributed by atoms with van der Waals surface area (Å²) >= 11 is 0. The monoisotopic (exact) mass is 504 g/mol. The van der Waals surface area contributed by atoms with Crippen molar-refractivity contribution >= 4 is 5.91 Å². The molecule has 5 nitrogen and oxygen atoms in total. The Bertz CT molecular complexity index is 1190. The van der Waals surface area contributed by atoms with Crippen molar-refractivity contribution in [3.8, 4) is 11.4 Å². The number of rotatable bonds is 4. The van der Waals surface area contributed by atoms with Crippen LogP contribution in [0.15, 0.2) is 18.3 Å². The molecule has 1 aromatic carbocycles. The van der Waals surface area contributed by atoms with Crippen molar-refractivity contribution in [3.63, 3.8) is 0 Å². The largest absolute Gasteiger partial charge is 0.481 e. The first-order valence-corrected chi connectivity index (χ1v) is 14.6. The molecular formula is C32H44N2O3. The molecular weight excluding hydrogens is 460 g/mol. The number of hydrogen-bond donors (Lipinski definition) is 1. The molecule has 1 atom stereocenters. The summed E-state index contributed by atoms with van der Waals surface area (Å²) in [5, 5.41) is 3.31. The van der Waals surface area contributed by atoms with Gasteiger partial charge in [0.15, 0.2) is 0 Å². The van der Waals surface area contributed by atoms with E-state index in [1.807, 2.05) is 0 Å². The second-order valence-electron chi connectivity index (χ2n) is 13.4. The fourth-order valence-corrected chi connectivity index (χ4v) is 6.74. The number of carbonyl (C=O) groups is 1. The Morgan fingerprint density at radius 3 is 2.41 bits per heavy atom. The first-order chi connectivity index (χ1) is 17.7. The maximum absolute atomic E-state index is 13.6. The second kappa shape index (κ2) is 9.18. The van der Waals surface area contributed by atoms with E-state index in [0.717, 1.165) is 48.6 Å². The molecule has 1 unspecified atom stereocenters. The summed E-state index contributed by atoms with van der Waals surface area (Å²) in [6.07, 6.45) is 12.5. The zero-order chi connectivity index (χ0) is 25.9. The molecule has 1 amide bonds. The fraction of sp³-hybridized carbons (Fsp3) is 0.656. The maximum Gasteiger partial charge on any atom is 0.253 e. The molecule has 1 aromatic heterocycles. The van der Waals surface area contributed by atoms with Crippen molar-refractivity contribution < 1.29 is 14.3 Å². The lowest BCUT2D eigenvalue weighted by molar-refractivity contribution is 0.0696. The van der Waals surface area contributed by atoms with E-state index in [4.69, 9.17) is 9.47 Å². The van der Waals surface area contributed by atoms with Crippen LogP contribution in [0.3, 0.4) is 0 Å². The standard InChI is InChI=1S/C32H44N2O3/c1-20-24(30(35)33-23-11-15-36-16-12-23)19-34-26-18-22(32(5)13-14-32)17-25(31(2,3)4)29(26)37-28(27(20)34)21-9-7-6-8-10-21/h17-19,21,23,28H,6-16H2,1-5H3,(H,33,35). The minimum Gasteiger partial charge on any atom is -0.481 e. The molecule has 2 aliphatic heterocycles. The summed E-state index contributed by atoms with van der Waals surface area (Å²) in [5.74, 6) is 1.54. The number of hydrogen-bond acceptors (Lipinski definition) is 3. The molecule has 3 heterocycles. The topological polar surface area (TPSA) is 52.5 Å². The number of carbonyl (C=O) groups excluding carboxylic acids is 1. The Balaban J connectivity index is 1.49. The van der Waals surface area contributed by atoms with Gasteiger partial charge in [0.1, 0.15) is 11.9 Å². The van der Waals surface area contributed by atoms with Crippen molar-refractivity contribution in [2.24, 2.45) is 5.92 Å². The normalized spacial score (nSPS) is 23.6. The van der Waals surface area contributed by atoms with Gasteiger partial charge in [0.25, 0.3) is 5.91 Å². The third-order valence-electron chi connectivity index (χ3n) is 9.53. The maximum atomic E-state index is 13.6. The van der Waals surface area contributed by atoms with Gasteiger partial charge < -0.3 is 19.4 Å². The molecule has 200 valence electrons. The van der Waals surface area contributed by atoms with E-state index in [-0.39, 0.29) is 28.9 Å². The molecule has 1 N–H and O–H groups in total. The zero-order valence-electron chi connectivity index (χ0n) is 23.4. The molecule has 37 heavy (non-hydrogen) atoms. The van der Waals surface area contributed by atoms with Crippen LogP contribution in [0.4, 0.5) is 0 Å². The van der Waals surface area contributed by atoms with Gasteiger partial charge in [0.2, 0.25) is 0 Å². The number of aromatic nitrogens is 1. The average Bonchev–Trinajstić information content (AvgIpc) is 3.54. The SMILES string of the molecule is Cc1c(C(=O)NC2CCOCC2)cn2c1C(C1CCCCC1)Oc1c-2cc(C2(C)CC2)cc1C(C)(C)C. The summed E-state index contributed by atoms with van der Waals surface area (Å²) in [6.45, 7) is 12.8. The predicted molar refractivity (Wildman–Crippen MR) is 147 cm³/mol.